The Bertz CT molecular complexity index is 956. The summed E-state index contributed by atoms with van der Waals surface area (Å²) in [7, 11) is 0. The van der Waals surface area contributed by atoms with Crippen LogP contribution in [0.3, 0.4) is 0 Å². The maximum Gasteiger partial charge on any atom is 0.308 e. The Kier molecular flexibility index (Phi) is 9.51. The molecule has 38 heavy (non-hydrogen) atoms. The quantitative estimate of drug-likeness (QED) is 0.394. The van der Waals surface area contributed by atoms with E-state index in [4.69, 9.17) is 18.9 Å². The van der Waals surface area contributed by atoms with Gasteiger partial charge >= 0.3 is 5.97 Å². The number of likely N-dealkylation sites (tertiary alicyclic amines) is 1. The van der Waals surface area contributed by atoms with Crippen LogP contribution >= 0.6 is 0 Å². The Hall–Kier alpha value is -2.40. The summed E-state index contributed by atoms with van der Waals surface area (Å²) < 4.78 is 22.6. The molecule has 2 saturated heterocycles. The van der Waals surface area contributed by atoms with Crippen molar-refractivity contribution in [1.82, 2.24) is 9.80 Å². The molecule has 10 nitrogen and oxygen atoms in total. The van der Waals surface area contributed by atoms with Gasteiger partial charge in [0.2, 0.25) is 12.7 Å². The molecule has 0 radical (unpaired) electrons. The van der Waals surface area contributed by atoms with E-state index >= 15 is 0 Å². The fraction of sp³-hybridized carbons (Fsp3) is 0.714. The first-order valence-electron chi connectivity index (χ1n) is 13.7. The number of ether oxygens (including phenoxy) is 4. The highest BCUT2D eigenvalue weighted by atomic mass is 16.7. The van der Waals surface area contributed by atoms with Gasteiger partial charge in [0, 0.05) is 43.6 Å². The van der Waals surface area contributed by atoms with Crippen LogP contribution < -0.4 is 9.47 Å². The van der Waals surface area contributed by atoms with Crippen molar-refractivity contribution < 1.29 is 38.7 Å². The molecular formula is C28H42N2O8. The van der Waals surface area contributed by atoms with E-state index in [-0.39, 0.29) is 31.8 Å². The van der Waals surface area contributed by atoms with E-state index in [9.17, 15) is 19.8 Å². The number of nitrogens with zero attached hydrogens (tertiary/aromatic N) is 2. The molecule has 212 valence electrons. The second-order valence-electron chi connectivity index (χ2n) is 11.2. The van der Waals surface area contributed by atoms with Crippen molar-refractivity contribution in [3.05, 3.63) is 23.8 Å². The van der Waals surface area contributed by atoms with Crippen molar-refractivity contribution in [2.75, 3.05) is 52.8 Å². The Balaban J connectivity index is 1.62. The number of unbranched alkanes of at least 4 members (excludes halogenated alkanes) is 1. The van der Waals surface area contributed by atoms with Crippen molar-refractivity contribution in [3.8, 4) is 11.5 Å². The summed E-state index contributed by atoms with van der Waals surface area (Å²) in [5, 5.41) is 19.8. The zero-order valence-electron chi connectivity index (χ0n) is 22.8. The predicted octanol–water partition coefficient (Wildman–Crippen LogP) is 2.68. The highest BCUT2D eigenvalue weighted by Gasteiger charge is 2.50. The van der Waals surface area contributed by atoms with Gasteiger partial charge in [0.15, 0.2) is 17.8 Å². The van der Waals surface area contributed by atoms with Crippen molar-refractivity contribution in [2.45, 2.75) is 64.7 Å². The first kappa shape index (κ1) is 28.6. The number of aliphatic hydroxyl groups is 1. The van der Waals surface area contributed by atoms with Crippen LogP contribution in [0.1, 0.15) is 57.9 Å². The smallest absolute Gasteiger partial charge is 0.308 e. The van der Waals surface area contributed by atoms with Crippen molar-refractivity contribution in [2.24, 2.45) is 11.3 Å². The molecule has 4 rings (SSSR count). The predicted molar refractivity (Wildman–Crippen MR) is 139 cm³/mol. The van der Waals surface area contributed by atoms with E-state index in [1.807, 2.05) is 36.9 Å². The average Bonchev–Trinajstić information content (AvgIpc) is 3.64. The van der Waals surface area contributed by atoms with Crippen LogP contribution in [0.15, 0.2) is 18.2 Å². The zero-order chi connectivity index (χ0) is 27.3. The van der Waals surface area contributed by atoms with Gasteiger partial charge in [0.25, 0.3) is 0 Å². The first-order valence-corrected chi connectivity index (χ1v) is 13.7. The minimum Gasteiger partial charge on any atom is -0.481 e. The SMILES string of the molecule is CCCCN(CCCO)C(=O)CN1CC(c2ccc3c(c2)OCO3)C(C(=O)O)C1CC(C)(C)C1OCCO1. The number of hydrogen-bond donors (Lipinski definition) is 2. The summed E-state index contributed by atoms with van der Waals surface area (Å²) in [6, 6.07) is 5.19. The third-order valence-electron chi connectivity index (χ3n) is 7.91. The lowest BCUT2D eigenvalue weighted by Crippen LogP contribution is -2.47. The van der Waals surface area contributed by atoms with Gasteiger partial charge < -0.3 is 34.1 Å². The number of carbonyl (C=O) groups is 2. The lowest BCUT2D eigenvalue weighted by atomic mass is 9.77. The maximum absolute atomic E-state index is 13.5. The van der Waals surface area contributed by atoms with E-state index in [0.29, 0.717) is 57.2 Å². The van der Waals surface area contributed by atoms with Crippen LogP contribution in [0.2, 0.25) is 0 Å². The van der Waals surface area contributed by atoms with Crippen LogP contribution in [-0.2, 0) is 19.1 Å². The van der Waals surface area contributed by atoms with Gasteiger partial charge in [-0.25, -0.2) is 0 Å². The highest BCUT2D eigenvalue weighted by Crippen LogP contribution is 2.46. The van der Waals surface area contributed by atoms with Gasteiger partial charge in [0.05, 0.1) is 25.7 Å². The molecular weight excluding hydrogens is 492 g/mol. The molecule has 10 heteroatoms. The summed E-state index contributed by atoms with van der Waals surface area (Å²) in [6.07, 6.45) is 2.42. The van der Waals surface area contributed by atoms with E-state index in [0.717, 1.165) is 18.4 Å². The molecule has 1 aromatic rings. The number of carboxylic acid groups (broad SMARTS) is 1. The molecule has 3 atom stereocenters. The molecule has 0 bridgehead atoms. The molecule has 1 amide bonds. The molecule has 3 aliphatic heterocycles. The van der Waals surface area contributed by atoms with Crippen molar-refractivity contribution in [3.63, 3.8) is 0 Å². The molecule has 0 aliphatic carbocycles. The lowest BCUT2D eigenvalue weighted by Gasteiger charge is -2.37. The number of aliphatic carboxylic acids is 1. The van der Waals surface area contributed by atoms with Gasteiger partial charge in [-0.3, -0.25) is 14.5 Å². The molecule has 0 aromatic heterocycles. The molecule has 2 N–H and O–H groups in total. The zero-order valence-corrected chi connectivity index (χ0v) is 22.8. The van der Waals surface area contributed by atoms with Crippen LogP contribution in [0.5, 0.6) is 11.5 Å². The average molecular weight is 535 g/mol. The molecule has 3 unspecified atom stereocenters. The summed E-state index contributed by atoms with van der Waals surface area (Å²) in [6.45, 7) is 8.99. The Morgan fingerprint density at radius 1 is 1.11 bits per heavy atom. The highest BCUT2D eigenvalue weighted by molar-refractivity contribution is 5.79. The molecule has 0 spiro atoms. The summed E-state index contributed by atoms with van der Waals surface area (Å²) in [4.78, 5) is 30.2. The van der Waals surface area contributed by atoms with Gasteiger partial charge in [-0.1, -0.05) is 33.3 Å². The molecule has 3 heterocycles. The van der Waals surface area contributed by atoms with Crippen molar-refractivity contribution >= 4 is 11.9 Å². The van der Waals surface area contributed by atoms with E-state index in [2.05, 4.69) is 6.92 Å². The minimum atomic E-state index is -0.889. The second kappa shape index (κ2) is 12.6. The number of aliphatic hydroxyl groups excluding tert-OH is 1. The number of carboxylic acids is 1. The van der Waals surface area contributed by atoms with E-state index in [1.54, 1.807) is 4.90 Å². The number of amides is 1. The van der Waals surface area contributed by atoms with Crippen molar-refractivity contribution in [1.29, 1.82) is 0 Å². The fourth-order valence-corrected chi connectivity index (χ4v) is 5.92. The van der Waals surface area contributed by atoms with Gasteiger partial charge in [-0.2, -0.15) is 0 Å². The van der Waals surface area contributed by atoms with E-state index in [1.165, 1.54) is 0 Å². The lowest BCUT2D eigenvalue weighted by molar-refractivity contribution is -0.148. The van der Waals surface area contributed by atoms with Crippen LogP contribution in [-0.4, -0.2) is 97.0 Å². The fourth-order valence-electron chi connectivity index (χ4n) is 5.92. The monoisotopic (exact) mass is 534 g/mol. The van der Waals surface area contributed by atoms with Gasteiger partial charge in [-0.15, -0.1) is 0 Å². The molecule has 2 fully saturated rings. The normalized spacial score (nSPS) is 23.7. The molecule has 3 aliphatic rings. The Labute approximate surface area is 224 Å². The number of carbonyl (C=O) groups excluding carboxylic acids is 1. The molecule has 0 saturated carbocycles. The number of benzene rings is 1. The summed E-state index contributed by atoms with van der Waals surface area (Å²) in [5.41, 5.74) is 0.398. The van der Waals surface area contributed by atoms with Gasteiger partial charge in [-0.05, 0) is 37.0 Å². The first-order chi connectivity index (χ1) is 18.2. The number of hydrogen-bond acceptors (Lipinski definition) is 8. The third kappa shape index (κ3) is 6.42. The molecule has 1 aromatic carbocycles. The topological polar surface area (TPSA) is 118 Å². The third-order valence-corrected chi connectivity index (χ3v) is 7.91. The van der Waals surface area contributed by atoms with Crippen LogP contribution in [0.4, 0.5) is 0 Å². The number of fused-ring (bicyclic) bond motifs is 1. The largest absolute Gasteiger partial charge is 0.481 e. The van der Waals surface area contributed by atoms with E-state index < -0.39 is 29.6 Å². The summed E-state index contributed by atoms with van der Waals surface area (Å²) in [5.74, 6) is -0.735. The standard InChI is InChI=1S/C28H42N2O8/c1-4-5-9-29(10-6-11-31)24(32)17-30-16-20(19-7-8-22-23(14-19)38-18-37-22)25(26(33)34)21(30)15-28(2,3)27-35-12-13-36-27/h7-8,14,20-21,25,27,31H,4-6,9-13,15-18H2,1-3H3,(H,33,34). The Morgan fingerprint density at radius 3 is 2.50 bits per heavy atom. The van der Waals surface area contributed by atoms with Crippen LogP contribution in [0.25, 0.3) is 0 Å². The minimum absolute atomic E-state index is 0.0189. The summed E-state index contributed by atoms with van der Waals surface area (Å²) >= 11 is 0. The Morgan fingerprint density at radius 2 is 1.82 bits per heavy atom. The second-order valence-corrected chi connectivity index (χ2v) is 11.2. The number of rotatable bonds is 13. The van der Waals surface area contributed by atoms with Gasteiger partial charge in [0.1, 0.15) is 0 Å². The van der Waals surface area contributed by atoms with Crippen LogP contribution in [0, 0.1) is 11.3 Å². The maximum atomic E-state index is 13.5.